The van der Waals surface area contributed by atoms with Crippen molar-refractivity contribution in [2.45, 2.75) is 16.7 Å². The van der Waals surface area contributed by atoms with Gasteiger partial charge in [-0.3, -0.25) is 0 Å². The van der Waals surface area contributed by atoms with Gasteiger partial charge in [0.15, 0.2) is 9.84 Å². The second-order valence-electron chi connectivity index (χ2n) is 6.38. The zero-order valence-electron chi connectivity index (χ0n) is 14.6. The highest BCUT2D eigenvalue weighted by Crippen LogP contribution is 2.35. The molecular weight excluding hydrogens is 389 g/mol. The lowest BCUT2D eigenvalue weighted by molar-refractivity contribution is -0.137. The van der Waals surface area contributed by atoms with Crippen molar-refractivity contribution in [3.63, 3.8) is 0 Å². The van der Waals surface area contributed by atoms with Gasteiger partial charge in [0.05, 0.1) is 16.2 Å². The third kappa shape index (κ3) is 4.10. The van der Waals surface area contributed by atoms with Crippen LogP contribution < -0.4 is 0 Å². The van der Waals surface area contributed by atoms with Crippen LogP contribution in [0, 0.1) is 0 Å². The summed E-state index contributed by atoms with van der Waals surface area (Å²) in [5, 5.41) is 11.4. The van der Waals surface area contributed by atoms with Crippen LogP contribution >= 0.6 is 0 Å². The summed E-state index contributed by atoms with van der Waals surface area (Å²) in [4.78, 5) is -0.493. The lowest BCUT2D eigenvalue weighted by atomic mass is 9.88. The average Bonchev–Trinajstić information content (AvgIpc) is 2.68. The van der Waals surface area contributed by atoms with Gasteiger partial charge >= 0.3 is 6.18 Å². The van der Waals surface area contributed by atoms with Gasteiger partial charge in [0.25, 0.3) is 0 Å². The van der Waals surface area contributed by atoms with E-state index >= 15 is 0 Å². The molecule has 0 atom stereocenters. The van der Waals surface area contributed by atoms with Gasteiger partial charge in [0.2, 0.25) is 0 Å². The second kappa shape index (κ2) is 7.41. The maximum absolute atomic E-state index is 13.0. The van der Waals surface area contributed by atoms with E-state index in [2.05, 4.69) is 0 Å². The largest absolute Gasteiger partial charge is 0.416 e. The highest BCUT2D eigenvalue weighted by Gasteiger charge is 2.38. The summed E-state index contributed by atoms with van der Waals surface area (Å²) in [5.41, 5.74) is -2.32. The molecule has 0 radical (unpaired) electrons. The van der Waals surface area contributed by atoms with E-state index in [1.165, 1.54) is 0 Å². The molecule has 0 fully saturated rings. The van der Waals surface area contributed by atoms with Crippen LogP contribution in [-0.2, 0) is 21.6 Å². The first-order valence-electron chi connectivity index (χ1n) is 8.36. The van der Waals surface area contributed by atoms with Crippen LogP contribution in [0.2, 0.25) is 0 Å². The summed E-state index contributed by atoms with van der Waals surface area (Å²) < 4.78 is 64.8. The number of hydrogen-bond donors (Lipinski definition) is 1. The molecule has 0 amide bonds. The van der Waals surface area contributed by atoms with Crippen molar-refractivity contribution >= 4 is 9.84 Å². The van der Waals surface area contributed by atoms with E-state index in [9.17, 15) is 26.7 Å². The average molecular weight is 406 g/mol. The molecule has 7 heteroatoms. The molecule has 0 heterocycles. The van der Waals surface area contributed by atoms with E-state index in [0.29, 0.717) is 17.2 Å². The predicted molar refractivity (Wildman–Crippen MR) is 99.4 cm³/mol. The van der Waals surface area contributed by atoms with Gasteiger partial charge in [-0.1, -0.05) is 66.7 Å². The SMILES string of the molecule is O=S(=O)(CC(O)(c1ccccc1)c1ccccc1)c1cccc(C(F)(F)F)c1. The molecule has 0 aliphatic heterocycles. The molecule has 0 bridgehead atoms. The van der Waals surface area contributed by atoms with E-state index in [1.807, 2.05) is 0 Å². The molecule has 28 heavy (non-hydrogen) atoms. The van der Waals surface area contributed by atoms with Crippen LogP contribution in [-0.4, -0.2) is 19.3 Å². The molecule has 0 saturated carbocycles. The fraction of sp³-hybridized carbons (Fsp3) is 0.143. The Kier molecular flexibility index (Phi) is 5.32. The Bertz CT molecular complexity index is 1010. The molecule has 3 aromatic carbocycles. The van der Waals surface area contributed by atoms with Crippen LogP contribution in [0.4, 0.5) is 13.2 Å². The molecule has 0 aliphatic rings. The number of rotatable bonds is 5. The minimum absolute atomic E-state index is 0.330. The minimum atomic E-state index is -4.67. The van der Waals surface area contributed by atoms with Crippen LogP contribution in [0.3, 0.4) is 0 Å². The Morgan fingerprint density at radius 2 is 1.18 bits per heavy atom. The summed E-state index contributed by atoms with van der Waals surface area (Å²) in [7, 11) is -4.25. The summed E-state index contributed by atoms with van der Waals surface area (Å²) >= 11 is 0. The number of hydrogen-bond acceptors (Lipinski definition) is 3. The Morgan fingerprint density at radius 1 is 0.714 bits per heavy atom. The first-order chi connectivity index (χ1) is 13.1. The van der Waals surface area contributed by atoms with E-state index in [1.54, 1.807) is 60.7 Å². The third-order valence-electron chi connectivity index (χ3n) is 4.42. The van der Waals surface area contributed by atoms with Crippen molar-refractivity contribution in [3.8, 4) is 0 Å². The lowest BCUT2D eigenvalue weighted by Crippen LogP contribution is -2.36. The van der Waals surface area contributed by atoms with Crippen molar-refractivity contribution < 1.29 is 26.7 Å². The second-order valence-corrected chi connectivity index (χ2v) is 8.37. The summed E-state index contributed by atoms with van der Waals surface area (Å²) in [6, 6.07) is 19.9. The molecule has 146 valence electrons. The summed E-state index contributed by atoms with van der Waals surface area (Å²) in [5.74, 6) is -0.796. The topological polar surface area (TPSA) is 54.4 Å². The van der Waals surface area contributed by atoms with Crippen molar-refractivity contribution in [1.29, 1.82) is 0 Å². The van der Waals surface area contributed by atoms with Gasteiger partial charge in [-0.2, -0.15) is 13.2 Å². The third-order valence-corrected chi connectivity index (χ3v) is 6.19. The zero-order chi connectivity index (χ0) is 20.4. The van der Waals surface area contributed by atoms with Gasteiger partial charge in [0.1, 0.15) is 5.60 Å². The Morgan fingerprint density at radius 3 is 1.64 bits per heavy atom. The zero-order valence-corrected chi connectivity index (χ0v) is 15.4. The Labute approximate surface area is 161 Å². The summed E-state index contributed by atoms with van der Waals surface area (Å²) in [6.07, 6.45) is -4.67. The number of halogens is 3. The number of benzene rings is 3. The molecule has 1 N–H and O–H groups in total. The van der Waals surface area contributed by atoms with Gasteiger partial charge in [0, 0.05) is 0 Å². The van der Waals surface area contributed by atoms with E-state index in [-0.39, 0.29) is 0 Å². The highest BCUT2D eigenvalue weighted by molar-refractivity contribution is 7.91. The minimum Gasteiger partial charge on any atom is -0.379 e. The monoisotopic (exact) mass is 406 g/mol. The smallest absolute Gasteiger partial charge is 0.379 e. The van der Waals surface area contributed by atoms with Crippen molar-refractivity contribution in [3.05, 3.63) is 102 Å². The van der Waals surface area contributed by atoms with E-state index in [4.69, 9.17) is 0 Å². The van der Waals surface area contributed by atoms with Crippen molar-refractivity contribution in [2.24, 2.45) is 0 Å². The fourth-order valence-corrected chi connectivity index (χ4v) is 4.63. The molecular formula is C21H17F3O3S. The fourth-order valence-electron chi connectivity index (χ4n) is 2.99. The standard InChI is InChI=1S/C21H17F3O3S/c22-21(23,24)18-12-7-13-19(14-18)28(26,27)15-20(25,16-8-3-1-4-9-16)17-10-5-2-6-11-17/h1-14,25H,15H2. The van der Waals surface area contributed by atoms with Gasteiger partial charge in [-0.15, -0.1) is 0 Å². The van der Waals surface area contributed by atoms with E-state index < -0.39 is 37.8 Å². The van der Waals surface area contributed by atoms with Crippen LogP contribution in [0.1, 0.15) is 16.7 Å². The maximum atomic E-state index is 13.0. The summed E-state index contributed by atoms with van der Waals surface area (Å²) in [6.45, 7) is 0. The number of sulfone groups is 1. The first-order valence-corrected chi connectivity index (χ1v) is 10.0. The number of alkyl halides is 3. The quantitative estimate of drug-likeness (QED) is 0.683. The molecule has 0 unspecified atom stereocenters. The van der Waals surface area contributed by atoms with Crippen molar-refractivity contribution in [1.82, 2.24) is 0 Å². The van der Waals surface area contributed by atoms with Crippen molar-refractivity contribution in [2.75, 3.05) is 5.75 Å². The normalized spacial score (nSPS) is 12.7. The molecule has 3 nitrogen and oxygen atoms in total. The molecule has 0 aromatic heterocycles. The van der Waals surface area contributed by atoms with E-state index in [0.717, 1.165) is 18.2 Å². The molecule has 0 spiro atoms. The number of aliphatic hydroxyl groups is 1. The van der Waals surface area contributed by atoms with Gasteiger partial charge < -0.3 is 5.11 Å². The van der Waals surface area contributed by atoms with Crippen LogP contribution in [0.25, 0.3) is 0 Å². The highest BCUT2D eigenvalue weighted by atomic mass is 32.2. The molecule has 0 saturated heterocycles. The molecule has 3 rings (SSSR count). The first kappa shape index (κ1) is 20.1. The Hall–Kier alpha value is -2.64. The maximum Gasteiger partial charge on any atom is 0.416 e. The van der Waals surface area contributed by atoms with Crippen LogP contribution in [0.5, 0.6) is 0 Å². The van der Waals surface area contributed by atoms with Gasteiger partial charge in [-0.25, -0.2) is 8.42 Å². The van der Waals surface area contributed by atoms with Gasteiger partial charge in [-0.05, 0) is 29.3 Å². The molecule has 3 aromatic rings. The predicted octanol–water partition coefficient (Wildman–Crippen LogP) is 4.42. The van der Waals surface area contributed by atoms with Crippen LogP contribution in [0.15, 0.2) is 89.8 Å². The molecule has 0 aliphatic carbocycles. The Balaban J connectivity index is 2.09. The lowest BCUT2D eigenvalue weighted by Gasteiger charge is -2.29.